The largest absolute Gasteiger partial charge is 0.352 e. The van der Waals surface area contributed by atoms with E-state index in [0.29, 0.717) is 30.4 Å². The molecule has 96 valence electrons. The molecule has 0 aliphatic heterocycles. The lowest BCUT2D eigenvalue weighted by atomic mass is 10.2. The van der Waals surface area contributed by atoms with Crippen LogP contribution in [0.25, 0.3) is 10.4 Å². The molecule has 0 radical (unpaired) electrons. The summed E-state index contributed by atoms with van der Waals surface area (Å²) < 4.78 is 14.0. The Balaban J connectivity index is 2.41. The summed E-state index contributed by atoms with van der Waals surface area (Å²) in [6.45, 7) is 0.823. The third-order valence-electron chi connectivity index (χ3n) is 2.21. The Hall–Kier alpha value is -1.59. The fourth-order valence-corrected chi connectivity index (χ4v) is 1.68. The Morgan fingerprint density at radius 3 is 3.00 bits per heavy atom. The van der Waals surface area contributed by atoms with Gasteiger partial charge in [0.05, 0.1) is 5.56 Å². The second kappa shape index (κ2) is 7.68. The number of rotatable bonds is 6. The first-order chi connectivity index (χ1) is 8.65. The minimum Gasteiger partial charge on any atom is -0.352 e. The molecule has 0 heterocycles. The van der Waals surface area contributed by atoms with E-state index in [-0.39, 0.29) is 5.56 Å². The van der Waals surface area contributed by atoms with E-state index in [1.807, 2.05) is 0 Å². The molecule has 5 nitrogen and oxygen atoms in total. The monoisotopic (exact) mass is 314 g/mol. The predicted octanol–water partition coefficient (Wildman–Crippen LogP) is 3.41. The van der Waals surface area contributed by atoms with Crippen molar-refractivity contribution >= 4 is 21.8 Å². The van der Waals surface area contributed by atoms with Gasteiger partial charge < -0.3 is 5.32 Å². The van der Waals surface area contributed by atoms with Gasteiger partial charge in [0.25, 0.3) is 5.91 Å². The molecule has 0 aliphatic rings. The Bertz CT molecular complexity index is 474. The van der Waals surface area contributed by atoms with Crippen molar-refractivity contribution in [1.29, 1.82) is 0 Å². The standard InChI is InChI=1S/C11H12BrFN4O/c12-8-3-4-10(13)9(7-8)11(18)15-5-1-2-6-16-17-14/h3-4,7H,1-2,5-6H2,(H,15,18). The SMILES string of the molecule is [N-]=[N+]=NCCCCNC(=O)c1cc(Br)ccc1F. The number of amides is 1. The van der Waals surface area contributed by atoms with Crippen molar-refractivity contribution in [3.05, 3.63) is 44.5 Å². The van der Waals surface area contributed by atoms with Gasteiger partial charge in [0.2, 0.25) is 0 Å². The second-order valence-electron chi connectivity index (χ2n) is 3.54. The predicted molar refractivity (Wildman–Crippen MR) is 69.7 cm³/mol. The van der Waals surface area contributed by atoms with E-state index in [0.717, 1.165) is 0 Å². The number of nitrogens with one attached hydrogen (secondary N) is 1. The molecule has 1 amide bonds. The highest BCUT2D eigenvalue weighted by molar-refractivity contribution is 9.10. The Kier molecular flexibility index (Phi) is 6.18. The highest BCUT2D eigenvalue weighted by atomic mass is 79.9. The van der Waals surface area contributed by atoms with Crippen LogP contribution < -0.4 is 5.32 Å². The van der Waals surface area contributed by atoms with E-state index < -0.39 is 11.7 Å². The zero-order chi connectivity index (χ0) is 13.4. The van der Waals surface area contributed by atoms with E-state index in [4.69, 9.17) is 5.53 Å². The Morgan fingerprint density at radius 2 is 2.28 bits per heavy atom. The van der Waals surface area contributed by atoms with E-state index in [1.165, 1.54) is 18.2 Å². The molecule has 0 spiro atoms. The number of carbonyl (C=O) groups is 1. The minimum atomic E-state index is -0.551. The smallest absolute Gasteiger partial charge is 0.254 e. The van der Waals surface area contributed by atoms with Gasteiger partial charge in [-0.25, -0.2) is 4.39 Å². The Morgan fingerprint density at radius 1 is 1.50 bits per heavy atom. The van der Waals surface area contributed by atoms with Crippen LogP contribution >= 0.6 is 15.9 Å². The first-order valence-electron chi connectivity index (χ1n) is 5.39. The molecule has 0 aromatic heterocycles. The zero-order valence-electron chi connectivity index (χ0n) is 9.57. The number of carbonyl (C=O) groups excluding carboxylic acids is 1. The van der Waals surface area contributed by atoms with Crippen LogP contribution in [0.4, 0.5) is 4.39 Å². The van der Waals surface area contributed by atoms with Gasteiger partial charge in [-0.15, -0.1) is 0 Å². The molecule has 18 heavy (non-hydrogen) atoms. The molecule has 1 N–H and O–H groups in total. The van der Waals surface area contributed by atoms with Crippen molar-refractivity contribution in [1.82, 2.24) is 5.32 Å². The van der Waals surface area contributed by atoms with Crippen molar-refractivity contribution in [2.75, 3.05) is 13.1 Å². The maximum atomic E-state index is 13.4. The van der Waals surface area contributed by atoms with Crippen LogP contribution in [0.3, 0.4) is 0 Å². The molecule has 1 aromatic rings. The number of benzene rings is 1. The number of azide groups is 1. The van der Waals surface area contributed by atoms with Crippen molar-refractivity contribution in [3.8, 4) is 0 Å². The van der Waals surface area contributed by atoms with Gasteiger partial charge in [-0.05, 0) is 36.6 Å². The van der Waals surface area contributed by atoms with Crippen molar-refractivity contribution in [2.45, 2.75) is 12.8 Å². The van der Waals surface area contributed by atoms with Crippen LogP contribution in [0.1, 0.15) is 23.2 Å². The lowest BCUT2D eigenvalue weighted by Gasteiger charge is -2.06. The van der Waals surface area contributed by atoms with Crippen LogP contribution in [0.15, 0.2) is 27.8 Å². The summed E-state index contributed by atoms with van der Waals surface area (Å²) >= 11 is 3.18. The molecule has 0 atom stereocenters. The van der Waals surface area contributed by atoms with E-state index in [2.05, 4.69) is 31.3 Å². The van der Waals surface area contributed by atoms with Crippen LogP contribution in [0.2, 0.25) is 0 Å². The summed E-state index contributed by atoms with van der Waals surface area (Å²) in [7, 11) is 0. The number of nitrogens with zero attached hydrogens (tertiary/aromatic N) is 3. The molecule has 7 heteroatoms. The highest BCUT2D eigenvalue weighted by Gasteiger charge is 2.11. The minimum absolute atomic E-state index is 0.0134. The van der Waals surface area contributed by atoms with Gasteiger partial charge in [-0.2, -0.15) is 0 Å². The molecule has 0 unspecified atom stereocenters. The van der Waals surface area contributed by atoms with Gasteiger partial charge in [-0.3, -0.25) is 4.79 Å². The third-order valence-corrected chi connectivity index (χ3v) is 2.70. The zero-order valence-corrected chi connectivity index (χ0v) is 11.2. The van der Waals surface area contributed by atoms with E-state index in [9.17, 15) is 9.18 Å². The van der Waals surface area contributed by atoms with Crippen molar-refractivity contribution in [3.63, 3.8) is 0 Å². The second-order valence-corrected chi connectivity index (χ2v) is 4.46. The number of hydrogen-bond acceptors (Lipinski definition) is 2. The normalized spacial score (nSPS) is 9.67. The van der Waals surface area contributed by atoms with Crippen LogP contribution in [-0.2, 0) is 0 Å². The molecule has 1 aromatic carbocycles. The molecule has 0 saturated carbocycles. The van der Waals surface area contributed by atoms with Gasteiger partial charge in [0, 0.05) is 22.5 Å². The summed E-state index contributed by atoms with van der Waals surface area (Å²) in [6.07, 6.45) is 1.37. The quantitative estimate of drug-likeness (QED) is 0.371. The summed E-state index contributed by atoms with van der Waals surface area (Å²) in [5.41, 5.74) is 8.07. The molecular formula is C11H12BrFN4O. The molecule has 1 rings (SSSR count). The molecular weight excluding hydrogens is 303 g/mol. The molecule has 0 saturated heterocycles. The first kappa shape index (κ1) is 14.5. The summed E-state index contributed by atoms with van der Waals surface area (Å²) in [6, 6.07) is 4.21. The number of halogens is 2. The van der Waals surface area contributed by atoms with Gasteiger partial charge >= 0.3 is 0 Å². The third kappa shape index (κ3) is 4.73. The van der Waals surface area contributed by atoms with Gasteiger partial charge in [-0.1, -0.05) is 21.0 Å². The fraction of sp³-hybridized carbons (Fsp3) is 0.364. The molecule has 0 fully saturated rings. The van der Waals surface area contributed by atoms with Gasteiger partial charge in [0.15, 0.2) is 0 Å². The van der Waals surface area contributed by atoms with Crippen LogP contribution in [0, 0.1) is 5.82 Å². The molecule has 0 bridgehead atoms. The van der Waals surface area contributed by atoms with Crippen molar-refractivity contribution < 1.29 is 9.18 Å². The summed E-state index contributed by atoms with van der Waals surface area (Å²) in [5, 5.41) is 5.98. The first-order valence-corrected chi connectivity index (χ1v) is 6.18. The summed E-state index contributed by atoms with van der Waals surface area (Å²) in [5.74, 6) is -0.998. The summed E-state index contributed by atoms with van der Waals surface area (Å²) in [4.78, 5) is 14.3. The fourth-order valence-electron chi connectivity index (χ4n) is 1.32. The number of unbranched alkanes of at least 4 members (excludes halogenated alkanes) is 1. The van der Waals surface area contributed by atoms with Crippen LogP contribution in [0.5, 0.6) is 0 Å². The maximum Gasteiger partial charge on any atom is 0.254 e. The highest BCUT2D eigenvalue weighted by Crippen LogP contribution is 2.15. The maximum absolute atomic E-state index is 13.4. The van der Waals surface area contributed by atoms with Gasteiger partial charge in [0.1, 0.15) is 5.82 Å². The lowest BCUT2D eigenvalue weighted by Crippen LogP contribution is -2.25. The van der Waals surface area contributed by atoms with E-state index >= 15 is 0 Å². The lowest BCUT2D eigenvalue weighted by molar-refractivity contribution is 0.0949. The van der Waals surface area contributed by atoms with Crippen molar-refractivity contribution in [2.24, 2.45) is 5.11 Å². The Labute approximate surface area is 112 Å². The average Bonchev–Trinajstić information content (AvgIpc) is 2.36. The topological polar surface area (TPSA) is 77.9 Å². The molecule has 0 aliphatic carbocycles. The number of hydrogen-bond donors (Lipinski definition) is 1. The van der Waals surface area contributed by atoms with E-state index in [1.54, 1.807) is 0 Å². The average molecular weight is 315 g/mol. The van der Waals surface area contributed by atoms with Crippen LogP contribution in [-0.4, -0.2) is 19.0 Å².